The molecule has 0 fully saturated rings. The van der Waals surface area contributed by atoms with Crippen molar-refractivity contribution >= 4 is 27.5 Å². The van der Waals surface area contributed by atoms with Crippen molar-refractivity contribution in [3.63, 3.8) is 0 Å². The van der Waals surface area contributed by atoms with Gasteiger partial charge in [-0.2, -0.15) is 0 Å². The lowest BCUT2D eigenvalue weighted by atomic mass is 10.1. The molecule has 0 saturated carbocycles. The van der Waals surface area contributed by atoms with Crippen LogP contribution in [0.15, 0.2) is 46.9 Å². The standard InChI is InChI=1S/C16H17BrClNO/c1-11(19-2)14-8-7-13(9-15(14)17)20-10-12-5-3-4-6-16(12)18/h3-9,11,19H,10H2,1-2H3. The second-order valence-corrected chi connectivity index (χ2v) is 5.84. The van der Waals surface area contributed by atoms with Gasteiger partial charge in [-0.05, 0) is 37.7 Å². The van der Waals surface area contributed by atoms with E-state index in [1.165, 1.54) is 5.56 Å². The number of ether oxygens (including phenoxy) is 1. The molecular weight excluding hydrogens is 338 g/mol. The zero-order chi connectivity index (χ0) is 14.5. The van der Waals surface area contributed by atoms with E-state index in [9.17, 15) is 0 Å². The quantitative estimate of drug-likeness (QED) is 0.819. The number of hydrogen-bond acceptors (Lipinski definition) is 2. The van der Waals surface area contributed by atoms with Crippen LogP contribution in [0.1, 0.15) is 24.1 Å². The molecule has 1 unspecified atom stereocenters. The largest absolute Gasteiger partial charge is 0.489 e. The molecule has 1 N–H and O–H groups in total. The first kappa shape index (κ1) is 15.4. The zero-order valence-electron chi connectivity index (χ0n) is 11.5. The molecule has 0 radical (unpaired) electrons. The first-order valence-electron chi connectivity index (χ1n) is 6.44. The molecule has 0 heterocycles. The maximum Gasteiger partial charge on any atom is 0.120 e. The van der Waals surface area contributed by atoms with E-state index in [0.717, 1.165) is 20.8 Å². The fourth-order valence-electron chi connectivity index (χ4n) is 1.88. The Balaban J connectivity index is 2.08. The van der Waals surface area contributed by atoms with Gasteiger partial charge in [0.25, 0.3) is 0 Å². The van der Waals surface area contributed by atoms with E-state index in [1.807, 2.05) is 43.4 Å². The molecule has 2 aromatic carbocycles. The normalized spacial score (nSPS) is 12.2. The Hall–Kier alpha value is -1.03. The summed E-state index contributed by atoms with van der Waals surface area (Å²) >= 11 is 9.69. The van der Waals surface area contributed by atoms with Crippen LogP contribution in [0.25, 0.3) is 0 Å². The minimum atomic E-state index is 0.294. The average Bonchev–Trinajstić information content (AvgIpc) is 2.46. The van der Waals surface area contributed by atoms with Gasteiger partial charge >= 0.3 is 0 Å². The maximum absolute atomic E-state index is 6.11. The van der Waals surface area contributed by atoms with Gasteiger partial charge in [-0.1, -0.05) is 51.8 Å². The Kier molecular flexibility index (Phi) is 5.46. The predicted octanol–water partition coefficient (Wildman–Crippen LogP) is 4.96. The van der Waals surface area contributed by atoms with E-state index in [-0.39, 0.29) is 0 Å². The molecule has 20 heavy (non-hydrogen) atoms. The number of rotatable bonds is 5. The zero-order valence-corrected chi connectivity index (χ0v) is 13.8. The first-order valence-corrected chi connectivity index (χ1v) is 7.62. The van der Waals surface area contributed by atoms with E-state index >= 15 is 0 Å². The summed E-state index contributed by atoms with van der Waals surface area (Å²) in [5.41, 5.74) is 2.19. The molecule has 2 nitrogen and oxygen atoms in total. The summed E-state index contributed by atoms with van der Waals surface area (Å²) in [7, 11) is 1.94. The van der Waals surface area contributed by atoms with Crippen LogP contribution in [0.4, 0.5) is 0 Å². The van der Waals surface area contributed by atoms with E-state index in [2.05, 4.69) is 34.2 Å². The van der Waals surface area contributed by atoms with Crippen LogP contribution in [0.5, 0.6) is 5.75 Å². The summed E-state index contributed by atoms with van der Waals surface area (Å²) in [5.74, 6) is 0.823. The van der Waals surface area contributed by atoms with Crippen molar-refractivity contribution in [2.24, 2.45) is 0 Å². The molecule has 0 saturated heterocycles. The summed E-state index contributed by atoms with van der Waals surface area (Å²) in [6, 6.07) is 14.0. The molecule has 0 aromatic heterocycles. The fraction of sp³-hybridized carbons (Fsp3) is 0.250. The molecule has 2 aromatic rings. The number of hydrogen-bond donors (Lipinski definition) is 1. The maximum atomic E-state index is 6.11. The third-order valence-electron chi connectivity index (χ3n) is 3.22. The summed E-state index contributed by atoms with van der Waals surface area (Å²) in [6.45, 7) is 2.58. The van der Waals surface area contributed by atoms with E-state index in [4.69, 9.17) is 16.3 Å². The van der Waals surface area contributed by atoms with Crippen LogP contribution >= 0.6 is 27.5 Å². The lowest BCUT2D eigenvalue weighted by Gasteiger charge is -2.14. The monoisotopic (exact) mass is 353 g/mol. The number of nitrogens with one attached hydrogen (secondary N) is 1. The lowest BCUT2D eigenvalue weighted by Crippen LogP contribution is -2.12. The highest BCUT2D eigenvalue weighted by Crippen LogP contribution is 2.28. The molecule has 106 valence electrons. The smallest absolute Gasteiger partial charge is 0.120 e. The topological polar surface area (TPSA) is 21.3 Å². The van der Waals surface area contributed by atoms with Crippen molar-refractivity contribution in [2.75, 3.05) is 7.05 Å². The Morgan fingerprint density at radius 1 is 1.25 bits per heavy atom. The van der Waals surface area contributed by atoms with Gasteiger partial charge in [0, 0.05) is 21.1 Å². The predicted molar refractivity (Wildman–Crippen MR) is 87.4 cm³/mol. The Morgan fingerprint density at radius 3 is 2.65 bits per heavy atom. The van der Waals surface area contributed by atoms with Gasteiger partial charge in [0.15, 0.2) is 0 Å². The van der Waals surface area contributed by atoms with Crippen LogP contribution in [0, 0.1) is 0 Å². The van der Waals surface area contributed by atoms with Gasteiger partial charge in [-0.25, -0.2) is 0 Å². The van der Waals surface area contributed by atoms with Gasteiger partial charge < -0.3 is 10.1 Å². The molecular formula is C16H17BrClNO. The molecule has 0 aliphatic carbocycles. The summed E-state index contributed by atoms with van der Waals surface area (Å²) in [6.07, 6.45) is 0. The first-order chi connectivity index (χ1) is 9.61. The van der Waals surface area contributed by atoms with Crippen molar-refractivity contribution in [1.29, 1.82) is 0 Å². The van der Waals surface area contributed by atoms with Gasteiger partial charge in [0.1, 0.15) is 12.4 Å². The highest BCUT2D eigenvalue weighted by molar-refractivity contribution is 9.10. The minimum absolute atomic E-state index is 0.294. The molecule has 4 heteroatoms. The lowest BCUT2D eigenvalue weighted by molar-refractivity contribution is 0.306. The summed E-state index contributed by atoms with van der Waals surface area (Å²) < 4.78 is 6.83. The second kappa shape index (κ2) is 7.11. The second-order valence-electron chi connectivity index (χ2n) is 4.57. The van der Waals surface area contributed by atoms with Crippen molar-refractivity contribution in [3.05, 3.63) is 63.1 Å². The van der Waals surface area contributed by atoms with Crippen molar-refractivity contribution in [3.8, 4) is 5.75 Å². The van der Waals surface area contributed by atoms with Crippen LogP contribution in [-0.4, -0.2) is 7.05 Å². The van der Waals surface area contributed by atoms with E-state index < -0.39 is 0 Å². The highest BCUT2D eigenvalue weighted by Gasteiger charge is 2.08. The summed E-state index contributed by atoms with van der Waals surface area (Å²) in [4.78, 5) is 0. The highest BCUT2D eigenvalue weighted by atomic mass is 79.9. The molecule has 0 bridgehead atoms. The van der Waals surface area contributed by atoms with E-state index in [0.29, 0.717) is 12.6 Å². The molecule has 1 atom stereocenters. The number of benzene rings is 2. The number of halogens is 2. The molecule has 2 rings (SSSR count). The fourth-order valence-corrected chi connectivity index (χ4v) is 2.77. The molecule has 0 amide bonds. The van der Waals surface area contributed by atoms with Gasteiger partial charge in [0.05, 0.1) is 0 Å². The van der Waals surface area contributed by atoms with Gasteiger partial charge in [-0.3, -0.25) is 0 Å². The van der Waals surface area contributed by atoms with Crippen LogP contribution in [-0.2, 0) is 6.61 Å². The Morgan fingerprint density at radius 2 is 2.00 bits per heavy atom. The van der Waals surface area contributed by atoms with Crippen molar-refractivity contribution in [2.45, 2.75) is 19.6 Å². The van der Waals surface area contributed by atoms with Gasteiger partial charge in [0.2, 0.25) is 0 Å². The molecule has 0 spiro atoms. The Labute approximate surface area is 133 Å². The Bertz CT molecular complexity index is 588. The summed E-state index contributed by atoms with van der Waals surface area (Å²) in [5, 5.41) is 3.95. The van der Waals surface area contributed by atoms with Gasteiger partial charge in [-0.15, -0.1) is 0 Å². The average molecular weight is 355 g/mol. The van der Waals surface area contributed by atoms with Crippen LogP contribution < -0.4 is 10.1 Å². The molecule has 0 aliphatic rings. The van der Waals surface area contributed by atoms with Crippen LogP contribution in [0.3, 0.4) is 0 Å². The third-order valence-corrected chi connectivity index (χ3v) is 4.28. The third kappa shape index (κ3) is 3.75. The van der Waals surface area contributed by atoms with Crippen LogP contribution in [0.2, 0.25) is 5.02 Å². The van der Waals surface area contributed by atoms with E-state index in [1.54, 1.807) is 0 Å². The SMILES string of the molecule is CNC(C)c1ccc(OCc2ccccc2Cl)cc1Br. The minimum Gasteiger partial charge on any atom is -0.489 e. The molecule has 0 aliphatic heterocycles. The van der Waals surface area contributed by atoms with Crippen molar-refractivity contribution in [1.82, 2.24) is 5.32 Å². The van der Waals surface area contributed by atoms with Crippen molar-refractivity contribution < 1.29 is 4.74 Å².